The van der Waals surface area contributed by atoms with E-state index in [1.165, 1.54) is 23.9 Å². The maximum atomic E-state index is 13.0. The summed E-state index contributed by atoms with van der Waals surface area (Å²) in [7, 11) is 1.57. The molecule has 1 heterocycles. The van der Waals surface area contributed by atoms with E-state index >= 15 is 0 Å². The number of hydrogen-bond acceptors (Lipinski definition) is 6. The second kappa shape index (κ2) is 10.2. The van der Waals surface area contributed by atoms with Crippen molar-refractivity contribution in [3.8, 4) is 11.5 Å². The molecule has 0 saturated carbocycles. The van der Waals surface area contributed by atoms with Gasteiger partial charge in [-0.15, -0.1) is 0 Å². The van der Waals surface area contributed by atoms with Crippen LogP contribution in [0.3, 0.4) is 0 Å². The highest BCUT2D eigenvalue weighted by Crippen LogP contribution is 2.40. The number of amides is 1. The van der Waals surface area contributed by atoms with E-state index < -0.39 is 5.97 Å². The topological polar surface area (TPSA) is 88.4 Å². The quantitative estimate of drug-likeness (QED) is 0.482. The Hall–Kier alpha value is -2.78. The monoisotopic (exact) mass is 518 g/mol. The van der Waals surface area contributed by atoms with Crippen LogP contribution in [0.1, 0.15) is 36.7 Å². The highest BCUT2D eigenvalue weighted by atomic mass is 79.9. The van der Waals surface area contributed by atoms with Crippen molar-refractivity contribution in [1.82, 2.24) is 4.90 Å². The Labute approximate surface area is 199 Å². The number of likely N-dealkylation sites (N-methyl/N-ethyl adjacent to an activating group) is 1. The number of carbonyl (C=O) groups excluding carboxylic acids is 1. The number of nitrogens with zero attached hydrogens (tertiary/aromatic N) is 2. The minimum Gasteiger partial charge on any atom is -0.493 e. The molecule has 0 aromatic heterocycles. The first kappa shape index (κ1) is 23.9. The van der Waals surface area contributed by atoms with Gasteiger partial charge in [0.05, 0.1) is 33.8 Å². The predicted octanol–water partition coefficient (Wildman–Crippen LogP) is 5.57. The summed E-state index contributed by atoms with van der Waals surface area (Å²) in [6, 6.07) is 9.98. The van der Waals surface area contributed by atoms with Gasteiger partial charge < -0.3 is 14.6 Å². The molecule has 1 fully saturated rings. The maximum Gasteiger partial charge on any atom is 0.335 e. The van der Waals surface area contributed by atoms with E-state index in [1.54, 1.807) is 30.2 Å². The van der Waals surface area contributed by atoms with Crippen molar-refractivity contribution in [2.45, 2.75) is 26.9 Å². The summed E-state index contributed by atoms with van der Waals surface area (Å²) in [6.07, 6.45) is 1.76. The molecule has 0 atom stereocenters. The molecular formula is C23H23BrN2O5S. The molecule has 32 heavy (non-hydrogen) atoms. The number of rotatable bonds is 7. The van der Waals surface area contributed by atoms with Crippen LogP contribution in [0.25, 0.3) is 6.08 Å². The molecule has 1 saturated heterocycles. The lowest BCUT2D eigenvalue weighted by Gasteiger charge is -2.16. The van der Waals surface area contributed by atoms with E-state index in [-0.39, 0.29) is 17.6 Å². The summed E-state index contributed by atoms with van der Waals surface area (Å²) < 4.78 is 12.0. The predicted molar refractivity (Wildman–Crippen MR) is 130 cm³/mol. The van der Waals surface area contributed by atoms with Crippen LogP contribution in [-0.2, 0) is 4.79 Å². The Bertz CT molecular complexity index is 1110. The van der Waals surface area contributed by atoms with Crippen molar-refractivity contribution in [3.05, 3.63) is 56.9 Å². The average Bonchev–Trinajstić information content (AvgIpc) is 3.03. The molecule has 0 unspecified atom stereocenters. The maximum absolute atomic E-state index is 13.0. The molecule has 2 aromatic rings. The molecule has 1 aliphatic heterocycles. The van der Waals surface area contributed by atoms with Crippen molar-refractivity contribution in [1.29, 1.82) is 0 Å². The molecule has 3 rings (SSSR count). The Morgan fingerprint density at radius 1 is 1.31 bits per heavy atom. The first-order valence-electron chi connectivity index (χ1n) is 9.91. The van der Waals surface area contributed by atoms with E-state index in [1.807, 2.05) is 32.9 Å². The molecule has 1 amide bonds. The standard InChI is InChI=1S/C23H23BrN2O5S/c1-5-26-21(27)19(32-23(26)25-16-8-6-7-15(12-16)22(28)29)11-14-9-17(24)20(31-13(2)3)18(10-14)30-4/h6-13H,5H2,1-4H3,(H,28,29)/b19-11+,25-23?. The Balaban J connectivity index is 1.96. The van der Waals surface area contributed by atoms with Crippen molar-refractivity contribution < 1.29 is 24.2 Å². The van der Waals surface area contributed by atoms with E-state index in [2.05, 4.69) is 20.9 Å². The molecule has 2 aromatic carbocycles. The molecular weight excluding hydrogens is 496 g/mol. The lowest BCUT2D eigenvalue weighted by Crippen LogP contribution is -2.28. The fraction of sp³-hybridized carbons (Fsp3) is 0.261. The number of methoxy groups -OCH3 is 1. The zero-order valence-electron chi connectivity index (χ0n) is 18.1. The molecule has 9 heteroatoms. The van der Waals surface area contributed by atoms with Gasteiger partial charge in [-0.1, -0.05) is 6.07 Å². The van der Waals surface area contributed by atoms with Crippen LogP contribution in [0.4, 0.5) is 5.69 Å². The van der Waals surface area contributed by atoms with Gasteiger partial charge in [0.1, 0.15) is 0 Å². The van der Waals surface area contributed by atoms with Crippen molar-refractivity contribution in [2.75, 3.05) is 13.7 Å². The Kier molecular flexibility index (Phi) is 7.63. The largest absolute Gasteiger partial charge is 0.493 e. The third-order valence-corrected chi connectivity index (χ3v) is 6.02. The van der Waals surface area contributed by atoms with Gasteiger partial charge in [-0.3, -0.25) is 9.69 Å². The number of aliphatic imine (C=N–C) groups is 1. The summed E-state index contributed by atoms with van der Waals surface area (Å²) in [5.74, 6) is -0.0318. The zero-order chi connectivity index (χ0) is 23.4. The molecule has 1 N–H and O–H groups in total. The fourth-order valence-electron chi connectivity index (χ4n) is 3.01. The first-order chi connectivity index (χ1) is 15.2. The number of aromatic carboxylic acids is 1. The molecule has 0 aliphatic carbocycles. The van der Waals surface area contributed by atoms with Gasteiger partial charge in [-0.25, -0.2) is 9.79 Å². The van der Waals surface area contributed by atoms with Crippen molar-refractivity contribution in [3.63, 3.8) is 0 Å². The highest BCUT2D eigenvalue weighted by molar-refractivity contribution is 9.10. The van der Waals surface area contributed by atoms with Crippen LogP contribution in [0.2, 0.25) is 0 Å². The molecule has 0 spiro atoms. The van der Waals surface area contributed by atoms with Gasteiger partial charge in [-0.05, 0) is 90.4 Å². The number of halogens is 1. The summed E-state index contributed by atoms with van der Waals surface area (Å²) in [6.45, 7) is 6.17. The number of hydrogen-bond donors (Lipinski definition) is 1. The second-order valence-corrected chi connectivity index (χ2v) is 8.97. The van der Waals surface area contributed by atoms with Crippen molar-refractivity contribution >= 4 is 56.5 Å². The molecule has 168 valence electrons. The number of thioether (sulfide) groups is 1. The SMILES string of the molecule is CCN1C(=O)/C(=C\c2cc(Br)c(OC(C)C)c(OC)c2)SC1=Nc1cccc(C(=O)O)c1. The van der Waals surface area contributed by atoms with E-state index in [0.29, 0.717) is 33.8 Å². The third-order valence-electron chi connectivity index (χ3n) is 4.43. The van der Waals surface area contributed by atoms with Crippen LogP contribution < -0.4 is 9.47 Å². The Morgan fingerprint density at radius 2 is 2.06 bits per heavy atom. The summed E-state index contributed by atoms with van der Waals surface area (Å²) in [5.41, 5.74) is 1.38. The third kappa shape index (κ3) is 5.34. The lowest BCUT2D eigenvalue weighted by atomic mass is 10.1. The minimum atomic E-state index is -1.03. The Morgan fingerprint density at radius 3 is 2.69 bits per heavy atom. The van der Waals surface area contributed by atoms with Gasteiger partial charge in [0.25, 0.3) is 5.91 Å². The molecule has 0 bridgehead atoms. The summed E-state index contributed by atoms with van der Waals surface area (Å²) in [4.78, 5) is 30.8. The normalized spacial score (nSPS) is 16.3. The molecule has 1 aliphatic rings. The second-order valence-electron chi connectivity index (χ2n) is 7.11. The highest BCUT2D eigenvalue weighted by Gasteiger charge is 2.32. The van der Waals surface area contributed by atoms with Crippen LogP contribution >= 0.6 is 27.7 Å². The van der Waals surface area contributed by atoms with Gasteiger partial charge in [-0.2, -0.15) is 0 Å². The van der Waals surface area contributed by atoms with E-state index in [9.17, 15) is 14.7 Å². The van der Waals surface area contributed by atoms with Gasteiger partial charge in [0, 0.05) is 6.54 Å². The van der Waals surface area contributed by atoms with E-state index in [0.717, 1.165) is 10.0 Å². The number of carboxylic acid groups (broad SMARTS) is 1. The van der Waals surface area contributed by atoms with Crippen LogP contribution in [0.5, 0.6) is 11.5 Å². The van der Waals surface area contributed by atoms with Crippen LogP contribution in [-0.4, -0.2) is 46.8 Å². The zero-order valence-corrected chi connectivity index (χ0v) is 20.5. The van der Waals surface area contributed by atoms with Gasteiger partial charge in [0.15, 0.2) is 16.7 Å². The number of amidine groups is 1. The number of benzene rings is 2. The lowest BCUT2D eigenvalue weighted by molar-refractivity contribution is -0.122. The van der Waals surface area contributed by atoms with Crippen LogP contribution in [0, 0.1) is 0 Å². The van der Waals surface area contributed by atoms with Gasteiger partial charge in [0.2, 0.25) is 0 Å². The number of ether oxygens (including phenoxy) is 2. The molecule has 0 radical (unpaired) electrons. The average molecular weight is 519 g/mol. The summed E-state index contributed by atoms with van der Waals surface area (Å²) >= 11 is 4.77. The van der Waals surface area contributed by atoms with Gasteiger partial charge >= 0.3 is 5.97 Å². The minimum absolute atomic E-state index is 0.0205. The number of carbonyl (C=O) groups is 2. The smallest absolute Gasteiger partial charge is 0.335 e. The van der Waals surface area contributed by atoms with Crippen LogP contribution in [0.15, 0.2) is 50.8 Å². The number of carboxylic acids is 1. The van der Waals surface area contributed by atoms with E-state index in [4.69, 9.17) is 9.47 Å². The first-order valence-corrected chi connectivity index (χ1v) is 11.5. The fourth-order valence-corrected chi connectivity index (χ4v) is 4.63. The van der Waals surface area contributed by atoms with Crippen molar-refractivity contribution in [2.24, 2.45) is 4.99 Å². The molecule has 7 nitrogen and oxygen atoms in total. The summed E-state index contributed by atoms with van der Waals surface area (Å²) in [5, 5.41) is 9.70.